The Bertz CT molecular complexity index is 495. The molecule has 88 valence electrons. The van der Waals surface area contributed by atoms with Gasteiger partial charge in [-0.15, -0.1) is 0 Å². The van der Waals surface area contributed by atoms with Crippen molar-refractivity contribution in [2.75, 3.05) is 0 Å². The first-order chi connectivity index (χ1) is 8.16. The molecule has 1 N–H and O–H groups in total. The van der Waals surface area contributed by atoms with Gasteiger partial charge < -0.3 is 9.84 Å². The molecule has 3 heteroatoms. The van der Waals surface area contributed by atoms with Crippen molar-refractivity contribution in [3.05, 3.63) is 53.7 Å². The summed E-state index contributed by atoms with van der Waals surface area (Å²) in [6, 6.07) is 11.4. The van der Waals surface area contributed by atoms with Gasteiger partial charge in [0.2, 0.25) is 5.88 Å². The maximum Gasteiger partial charge on any atom is 0.222 e. The molecule has 1 atom stereocenters. The van der Waals surface area contributed by atoms with Crippen molar-refractivity contribution >= 4 is 0 Å². The van der Waals surface area contributed by atoms with Crippen LogP contribution in [0.3, 0.4) is 0 Å². The van der Waals surface area contributed by atoms with Crippen molar-refractivity contribution < 1.29 is 9.84 Å². The summed E-state index contributed by atoms with van der Waals surface area (Å²) in [5, 5.41) is 9.45. The quantitative estimate of drug-likeness (QED) is 0.878. The topological polar surface area (TPSA) is 42.4 Å². The van der Waals surface area contributed by atoms with E-state index in [4.69, 9.17) is 4.74 Å². The SMILES string of the molecule is Cc1cc([C@H](C)O)cnc1Oc1ccccc1. The number of nitrogens with zero attached hydrogens (tertiary/aromatic N) is 1. The highest BCUT2D eigenvalue weighted by atomic mass is 16.5. The molecule has 2 rings (SSSR count). The zero-order valence-corrected chi connectivity index (χ0v) is 9.92. The summed E-state index contributed by atoms with van der Waals surface area (Å²) in [4.78, 5) is 4.21. The summed E-state index contributed by atoms with van der Waals surface area (Å²) in [7, 11) is 0. The summed E-state index contributed by atoms with van der Waals surface area (Å²) in [5.74, 6) is 1.33. The van der Waals surface area contributed by atoms with E-state index in [2.05, 4.69) is 4.98 Å². The van der Waals surface area contributed by atoms with E-state index < -0.39 is 6.10 Å². The summed E-state index contributed by atoms with van der Waals surface area (Å²) in [6.45, 7) is 3.63. The molecule has 0 bridgehead atoms. The Morgan fingerprint density at radius 1 is 1.24 bits per heavy atom. The first-order valence-corrected chi connectivity index (χ1v) is 5.54. The molecule has 0 saturated carbocycles. The van der Waals surface area contributed by atoms with Crippen LogP contribution in [0.5, 0.6) is 11.6 Å². The van der Waals surface area contributed by atoms with Crippen LogP contribution in [-0.4, -0.2) is 10.1 Å². The lowest BCUT2D eigenvalue weighted by molar-refractivity contribution is 0.198. The molecule has 0 aliphatic rings. The number of aromatic nitrogens is 1. The monoisotopic (exact) mass is 229 g/mol. The molecule has 0 saturated heterocycles. The molecule has 0 unspecified atom stereocenters. The highest BCUT2D eigenvalue weighted by Crippen LogP contribution is 2.24. The number of hydrogen-bond acceptors (Lipinski definition) is 3. The number of para-hydroxylation sites is 1. The number of aliphatic hydroxyl groups is 1. The summed E-state index contributed by atoms with van der Waals surface area (Å²) >= 11 is 0. The lowest BCUT2D eigenvalue weighted by Gasteiger charge is -2.10. The van der Waals surface area contributed by atoms with Crippen LogP contribution in [0.2, 0.25) is 0 Å². The maximum atomic E-state index is 9.45. The average Bonchev–Trinajstić information content (AvgIpc) is 2.33. The van der Waals surface area contributed by atoms with E-state index >= 15 is 0 Å². The Hall–Kier alpha value is -1.87. The van der Waals surface area contributed by atoms with Gasteiger partial charge >= 0.3 is 0 Å². The van der Waals surface area contributed by atoms with Crippen molar-refractivity contribution in [3.8, 4) is 11.6 Å². The Morgan fingerprint density at radius 2 is 1.94 bits per heavy atom. The second-order valence-electron chi connectivity index (χ2n) is 3.98. The average molecular weight is 229 g/mol. The molecule has 0 aliphatic carbocycles. The number of pyridine rings is 1. The number of ether oxygens (including phenoxy) is 1. The van der Waals surface area contributed by atoms with Crippen molar-refractivity contribution in [2.24, 2.45) is 0 Å². The minimum atomic E-state index is -0.507. The third-order valence-corrected chi connectivity index (χ3v) is 2.49. The van der Waals surface area contributed by atoms with Gasteiger partial charge in [0.15, 0.2) is 0 Å². The maximum absolute atomic E-state index is 9.45. The zero-order chi connectivity index (χ0) is 12.3. The van der Waals surface area contributed by atoms with Gasteiger partial charge in [-0.05, 0) is 37.6 Å². The van der Waals surface area contributed by atoms with E-state index in [-0.39, 0.29) is 0 Å². The van der Waals surface area contributed by atoms with Gasteiger partial charge in [-0.3, -0.25) is 0 Å². The van der Waals surface area contributed by atoms with Gasteiger partial charge in [-0.1, -0.05) is 18.2 Å². The fraction of sp³-hybridized carbons (Fsp3) is 0.214. The number of aryl methyl sites for hydroxylation is 1. The first-order valence-electron chi connectivity index (χ1n) is 5.54. The number of aliphatic hydroxyl groups excluding tert-OH is 1. The lowest BCUT2D eigenvalue weighted by Crippen LogP contribution is -1.96. The fourth-order valence-electron chi connectivity index (χ4n) is 1.52. The normalized spacial score (nSPS) is 12.2. The van der Waals surface area contributed by atoms with Gasteiger partial charge in [0, 0.05) is 11.8 Å². The Balaban J connectivity index is 2.23. The largest absolute Gasteiger partial charge is 0.439 e. The summed E-state index contributed by atoms with van der Waals surface area (Å²) < 4.78 is 5.65. The predicted molar refractivity (Wildman–Crippen MR) is 66.1 cm³/mol. The van der Waals surface area contributed by atoms with Crippen LogP contribution in [-0.2, 0) is 0 Å². The van der Waals surface area contributed by atoms with E-state index in [1.54, 1.807) is 13.1 Å². The van der Waals surface area contributed by atoms with Gasteiger partial charge in [0.1, 0.15) is 5.75 Å². The van der Waals surface area contributed by atoms with Crippen LogP contribution in [0.4, 0.5) is 0 Å². The molecule has 0 fully saturated rings. The van der Waals surface area contributed by atoms with E-state index in [0.717, 1.165) is 16.9 Å². The summed E-state index contributed by atoms with van der Waals surface area (Å²) in [5.41, 5.74) is 1.70. The van der Waals surface area contributed by atoms with Crippen molar-refractivity contribution in [1.29, 1.82) is 0 Å². The molecule has 2 aromatic rings. The molecule has 0 spiro atoms. The van der Waals surface area contributed by atoms with Crippen LogP contribution in [0.1, 0.15) is 24.2 Å². The van der Waals surface area contributed by atoms with Crippen LogP contribution in [0, 0.1) is 6.92 Å². The predicted octanol–water partition coefficient (Wildman–Crippen LogP) is 3.24. The molecule has 3 nitrogen and oxygen atoms in total. The van der Waals surface area contributed by atoms with E-state index in [0.29, 0.717) is 5.88 Å². The molecule has 0 radical (unpaired) electrons. The van der Waals surface area contributed by atoms with Gasteiger partial charge in [0.05, 0.1) is 6.10 Å². The fourth-order valence-corrected chi connectivity index (χ4v) is 1.52. The highest BCUT2D eigenvalue weighted by molar-refractivity contribution is 5.33. The van der Waals surface area contributed by atoms with Crippen molar-refractivity contribution in [2.45, 2.75) is 20.0 Å². The van der Waals surface area contributed by atoms with Gasteiger partial charge in [0.25, 0.3) is 0 Å². The van der Waals surface area contributed by atoms with Crippen LogP contribution in [0.15, 0.2) is 42.6 Å². The Morgan fingerprint density at radius 3 is 2.53 bits per heavy atom. The second-order valence-corrected chi connectivity index (χ2v) is 3.98. The number of rotatable bonds is 3. The molecule has 0 amide bonds. The van der Waals surface area contributed by atoms with E-state index in [9.17, 15) is 5.11 Å². The molecule has 0 aliphatic heterocycles. The molecular weight excluding hydrogens is 214 g/mol. The molecular formula is C14H15NO2. The van der Waals surface area contributed by atoms with E-state index in [1.165, 1.54) is 0 Å². The smallest absolute Gasteiger partial charge is 0.222 e. The van der Waals surface area contributed by atoms with Crippen LogP contribution in [0.25, 0.3) is 0 Å². The Kier molecular flexibility index (Phi) is 3.40. The zero-order valence-electron chi connectivity index (χ0n) is 9.92. The Labute approximate surface area is 101 Å². The second kappa shape index (κ2) is 4.97. The minimum absolute atomic E-state index is 0.507. The van der Waals surface area contributed by atoms with Crippen LogP contribution >= 0.6 is 0 Å². The number of hydrogen-bond donors (Lipinski definition) is 1. The van der Waals surface area contributed by atoms with Crippen LogP contribution < -0.4 is 4.74 Å². The minimum Gasteiger partial charge on any atom is -0.439 e. The lowest BCUT2D eigenvalue weighted by atomic mass is 10.1. The summed E-state index contributed by atoms with van der Waals surface area (Å²) in [6.07, 6.45) is 1.13. The van der Waals surface area contributed by atoms with E-state index in [1.807, 2.05) is 43.3 Å². The molecule has 1 heterocycles. The molecule has 17 heavy (non-hydrogen) atoms. The third-order valence-electron chi connectivity index (χ3n) is 2.49. The highest BCUT2D eigenvalue weighted by Gasteiger charge is 2.07. The molecule has 1 aromatic heterocycles. The standard InChI is InChI=1S/C14H15NO2/c1-10-8-12(11(2)16)9-15-14(10)17-13-6-4-3-5-7-13/h3-9,11,16H,1-2H3/t11-/m0/s1. The third kappa shape index (κ3) is 2.82. The first kappa shape index (κ1) is 11.6. The van der Waals surface area contributed by atoms with Crippen molar-refractivity contribution in [3.63, 3.8) is 0 Å². The molecule has 1 aromatic carbocycles. The van der Waals surface area contributed by atoms with Gasteiger partial charge in [-0.2, -0.15) is 0 Å². The van der Waals surface area contributed by atoms with Gasteiger partial charge in [-0.25, -0.2) is 4.98 Å². The van der Waals surface area contributed by atoms with Crippen molar-refractivity contribution in [1.82, 2.24) is 4.98 Å². The number of benzene rings is 1.